The molecule has 0 unspecified atom stereocenters. The van der Waals surface area contributed by atoms with E-state index in [0.29, 0.717) is 24.5 Å². The molecular weight excluding hydrogens is 334 g/mol. The number of benzene rings is 2. The van der Waals surface area contributed by atoms with E-state index >= 15 is 0 Å². The van der Waals surface area contributed by atoms with E-state index < -0.39 is 11.9 Å². The average molecular weight is 355 g/mol. The number of carboxylic acid groups (broad SMARTS) is 1. The maximum Gasteiger partial charge on any atom is 0.336 e. The number of carbonyl (C=O) groups excluding carboxylic acids is 2. The van der Waals surface area contributed by atoms with Crippen LogP contribution in [0.15, 0.2) is 48.5 Å². The van der Waals surface area contributed by atoms with Gasteiger partial charge in [-0.3, -0.25) is 4.79 Å². The summed E-state index contributed by atoms with van der Waals surface area (Å²) in [6.07, 6.45) is 0. The second-order valence-electron chi connectivity index (χ2n) is 5.49. The summed E-state index contributed by atoms with van der Waals surface area (Å²) in [5.74, 6) is -1.70. The van der Waals surface area contributed by atoms with Crippen molar-refractivity contribution >= 4 is 29.3 Å². The van der Waals surface area contributed by atoms with Crippen LogP contribution in [0.4, 0.5) is 16.2 Å². The summed E-state index contributed by atoms with van der Waals surface area (Å²) in [5, 5.41) is 14.6. The minimum absolute atomic E-state index is 0.0672. The molecule has 7 heteroatoms. The maximum absolute atomic E-state index is 12.4. The van der Waals surface area contributed by atoms with Gasteiger partial charge in [0.1, 0.15) is 0 Å². The molecule has 0 aromatic heterocycles. The Morgan fingerprint density at radius 3 is 2.04 bits per heavy atom. The molecule has 0 atom stereocenters. The molecule has 0 saturated heterocycles. The lowest BCUT2D eigenvalue weighted by Crippen LogP contribution is -2.34. The van der Waals surface area contributed by atoms with E-state index in [4.69, 9.17) is 0 Å². The predicted octanol–water partition coefficient (Wildman–Crippen LogP) is 3.51. The first-order valence-corrected chi connectivity index (χ1v) is 8.25. The molecule has 7 nitrogen and oxygen atoms in total. The van der Waals surface area contributed by atoms with Gasteiger partial charge in [0.05, 0.1) is 11.1 Å². The zero-order valence-corrected chi connectivity index (χ0v) is 14.7. The van der Waals surface area contributed by atoms with Crippen LogP contribution in [0.1, 0.15) is 34.6 Å². The Labute approximate surface area is 151 Å². The first-order valence-electron chi connectivity index (χ1n) is 8.25. The van der Waals surface area contributed by atoms with Crippen molar-refractivity contribution < 1.29 is 19.5 Å². The summed E-state index contributed by atoms with van der Waals surface area (Å²) in [6, 6.07) is 12.4. The second kappa shape index (κ2) is 8.66. The van der Waals surface area contributed by atoms with Crippen LogP contribution < -0.4 is 10.6 Å². The highest BCUT2D eigenvalue weighted by atomic mass is 16.4. The van der Waals surface area contributed by atoms with Crippen LogP contribution in [0.3, 0.4) is 0 Å². The molecule has 0 spiro atoms. The third-order valence-electron chi connectivity index (χ3n) is 3.82. The number of carboxylic acids is 1. The molecule has 2 rings (SSSR count). The number of nitrogens with zero attached hydrogens (tertiary/aromatic N) is 1. The van der Waals surface area contributed by atoms with Crippen LogP contribution >= 0.6 is 0 Å². The molecule has 0 fully saturated rings. The number of hydrogen-bond acceptors (Lipinski definition) is 3. The van der Waals surface area contributed by atoms with Gasteiger partial charge >= 0.3 is 12.0 Å². The van der Waals surface area contributed by atoms with Crippen molar-refractivity contribution in [1.29, 1.82) is 0 Å². The SMILES string of the molecule is CCN(CC)C(=O)Nc1cccc(NC(=O)c2ccccc2C(=O)O)c1. The number of rotatable bonds is 6. The highest BCUT2D eigenvalue weighted by molar-refractivity contribution is 6.10. The average Bonchev–Trinajstić information content (AvgIpc) is 2.63. The Hall–Kier alpha value is -3.35. The molecule has 0 radical (unpaired) electrons. The minimum atomic E-state index is -1.17. The Morgan fingerprint density at radius 1 is 0.885 bits per heavy atom. The highest BCUT2D eigenvalue weighted by Gasteiger charge is 2.16. The van der Waals surface area contributed by atoms with E-state index in [2.05, 4.69) is 10.6 Å². The topological polar surface area (TPSA) is 98.7 Å². The molecule has 3 N–H and O–H groups in total. The predicted molar refractivity (Wildman–Crippen MR) is 99.7 cm³/mol. The Balaban J connectivity index is 2.15. The van der Waals surface area contributed by atoms with Gasteiger partial charge in [0.2, 0.25) is 0 Å². The molecule has 0 bridgehead atoms. The van der Waals surface area contributed by atoms with Crippen LogP contribution in [-0.2, 0) is 0 Å². The van der Waals surface area contributed by atoms with Gasteiger partial charge in [-0.2, -0.15) is 0 Å². The minimum Gasteiger partial charge on any atom is -0.478 e. The highest BCUT2D eigenvalue weighted by Crippen LogP contribution is 2.18. The van der Waals surface area contributed by atoms with Crippen LogP contribution in [0.25, 0.3) is 0 Å². The Morgan fingerprint density at radius 2 is 1.46 bits per heavy atom. The third-order valence-corrected chi connectivity index (χ3v) is 3.82. The lowest BCUT2D eigenvalue weighted by atomic mass is 10.1. The number of urea groups is 1. The van der Waals surface area contributed by atoms with Gasteiger partial charge in [0.15, 0.2) is 0 Å². The molecule has 2 aromatic carbocycles. The molecule has 0 heterocycles. The number of nitrogens with one attached hydrogen (secondary N) is 2. The van der Waals surface area contributed by atoms with Crippen molar-refractivity contribution in [3.8, 4) is 0 Å². The first-order chi connectivity index (χ1) is 12.5. The summed E-state index contributed by atoms with van der Waals surface area (Å²) in [6.45, 7) is 4.95. The molecule has 0 aliphatic heterocycles. The summed E-state index contributed by atoms with van der Waals surface area (Å²) >= 11 is 0. The summed E-state index contributed by atoms with van der Waals surface area (Å²) in [5.41, 5.74) is 0.979. The van der Waals surface area contributed by atoms with E-state index in [-0.39, 0.29) is 17.2 Å². The number of hydrogen-bond donors (Lipinski definition) is 3. The maximum atomic E-state index is 12.4. The smallest absolute Gasteiger partial charge is 0.336 e. The fourth-order valence-corrected chi connectivity index (χ4v) is 2.45. The van der Waals surface area contributed by atoms with Crippen molar-refractivity contribution in [2.45, 2.75) is 13.8 Å². The van der Waals surface area contributed by atoms with Crippen LogP contribution in [0, 0.1) is 0 Å². The summed E-state index contributed by atoms with van der Waals surface area (Å²) in [7, 11) is 0. The number of aromatic carboxylic acids is 1. The number of anilines is 2. The molecule has 2 aromatic rings. The molecule has 0 aliphatic rings. The monoisotopic (exact) mass is 355 g/mol. The van der Waals surface area contributed by atoms with Gasteiger partial charge in [-0.1, -0.05) is 18.2 Å². The first kappa shape index (κ1) is 19.0. The fraction of sp³-hybridized carbons (Fsp3) is 0.211. The Kier molecular flexibility index (Phi) is 6.32. The van der Waals surface area contributed by atoms with Gasteiger partial charge in [-0.15, -0.1) is 0 Å². The van der Waals surface area contributed by atoms with Gasteiger partial charge < -0.3 is 20.6 Å². The van der Waals surface area contributed by atoms with Gasteiger partial charge in [-0.05, 0) is 44.2 Å². The standard InChI is InChI=1S/C19H21N3O4/c1-3-22(4-2)19(26)21-14-9-7-8-13(12-14)20-17(23)15-10-5-6-11-16(15)18(24)25/h5-12H,3-4H2,1-2H3,(H,20,23)(H,21,26)(H,24,25). The van der Waals surface area contributed by atoms with Gasteiger partial charge in [-0.25, -0.2) is 9.59 Å². The van der Waals surface area contributed by atoms with E-state index in [9.17, 15) is 19.5 Å². The van der Waals surface area contributed by atoms with Gasteiger partial charge in [0.25, 0.3) is 5.91 Å². The summed E-state index contributed by atoms with van der Waals surface area (Å²) in [4.78, 5) is 37.4. The van der Waals surface area contributed by atoms with Crippen molar-refractivity contribution in [3.63, 3.8) is 0 Å². The molecule has 0 saturated carbocycles. The zero-order chi connectivity index (χ0) is 19.1. The number of carbonyl (C=O) groups is 3. The Bertz CT molecular complexity index is 816. The van der Waals surface area contributed by atoms with Crippen molar-refractivity contribution in [2.75, 3.05) is 23.7 Å². The summed E-state index contributed by atoms with van der Waals surface area (Å²) < 4.78 is 0. The van der Waals surface area contributed by atoms with Crippen molar-refractivity contribution in [1.82, 2.24) is 4.90 Å². The third kappa shape index (κ3) is 4.60. The molecular formula is C19H21N3O4. The molecule has 3 amide bonds. The fourth-order valence-electron chi connectivity index (χ4n) is 2.45. The van der Waals surface area contributed by atoms with Crippen LogP contribution in [0.2, 0.25) is 0 Å². The van der Waals surface area contributed by atoms with Crippen molar-refractivity contribution in [3.05, 3.63) is 59.7 Å². The van der Waals surface area contributed by atoms with Crippen LogP contribution in [0.5, 0.6) is 0 Å². The van der Waals surface area contributed by atoms with Gasteiger partial charge in [0, 0.05) is 24.5 Å². The lowest BCUT2D eigenvalue weighted by molar-refractivity contribution is 0.0692. The van der Waals surface area contributed by atoms with Crippen molar-refractivity contribution in [2.24, 2.45) is 0 Å². The largest absolute Gasteiger partial charge is 0.478 e. The van der Waals surface area contributed by atoms with E-state index in [1.807, 2.05) is 13.8 Å². The van der Waals surface area contributed by atoms with E-state index in [0.717, 1.165) is 0 Å². The van der Waals surface area contributed by atoms with Crippen LogP contribution in [-0.4, -0.2) is 41.0 Å². The zero-order valence-electron chi connectivity index (χ0n) is 14.7. The molecule has 136 valence electrons. The van der Waals surface area contributed by atoms with E-state index in [1.165, 1.54) is 12.1 Å². The second-order valence-corrected chi connectivity index (χ2v) is 5.49. The molecule has 26 heavy (non-hydrogen) atoms. The van der Waals surface area contributed by atoms with E-state index in [1.54, 1.807) is 41.3 Å². The lowest BCUT2D eigenvalue weighted by Gasteiger charge is -2.19. The normalized spacial score (nSPS) is 10.1. The quantitative estimate of drug-likeness (QED) is 0.738. The molecule has 0 aliphatic carbocycles. The number of amides is 3.